The van der Waals surface area contributed by atoms with Crippen molar-refractivity contribution in [2.75, 3.05) is 27.8 Å². The molecule has 1 N–H and O–H groups in total. The number of nitrogens with zero attached hydrogens (tertiary/aromatic N) is 1. The maximum Gasteiger partial charge on any atom is 0.202 e. The zero-order valence-corrected chi connectivity index (χ0v) is 14.3. The summed E-state index contributed by atoms with van der Waals surface area (Å²) in [6.07, 6.45) is 4.22. The molecule has 1 aliphatic heterocycles. The molecule has 0 aromatic heterocycles. The molecular weight excluding hydrogens is 306 g/mol. The zero-order valence-electron chi connectivity index (χ0n) is 14.3. The van der Waals surface area contributed by atoms with Gasteiger partial charge in [0.1, 0.15) is 0 Å². The quantitative estimate of drug-likeness (QED) is 0.899. The van der Waals surface area contributed by atoms with Gasteiger partial charge in [-0.15, -0.1) is 0 Å². The molecule has 0 unspecified atom stereocenters. The highest BCUT2D eigenvalue weighted by molar-refractivity contribution is 5.98. The Hall–Kier alpha value is -2.01. The normalized spacial score (nSPS) is 31.8. The molecule has 4 rings (SSSR count). The highest BCUT2D eigenvalue weighted by Crippen LogP contribution is 2.57. The maximum absolute atomic E-state index is 13.1. The summed E-state index contributed by atoms with van der Waals surface area (Å²) in [7, 11) is 5.20. The number of fused-ring (bicyclic) bond motifs is 1. The molecule has 24 heavy (non-hydrogen) atoms. The van der Waals surface area contributed by atoms with Crippen LogP contribution < -0.4 is 4.74 Å². The average molecular weight is 329 g/mol. The van der Waals surface area contributed by atoms with E-state index in [1.54, 1.807) is 14.2 Å². The van der Waals surface area contributed by atoms with Gasteiger partial charge in [-0.1, -0.05) is 6.07 Å². The second-order valence-corrected chi connectivity index (χ2v) is 7.13. The maximum atomic E-state index is 13.1. The van der Waals surface area contributed by atoms with Crippen molar-refractivity contribution in [2.45, 2.75) is 30.7 Å². The summed E-state index contributed by atoms with van der Waals surface area (Å²) in [5.41, 5.74) is 1.68. The smallest absolute Gasteiger partial charge is 0.202 e. The SMILES string of the molecule is COC1=CC[C@@]23CCN(C)[C@H](Cc4ccc(OC)c(O)c42)[C@H]3C1=O. The first-order valence-electron chi connectivity index (χ1n) is 8.41. The Bertz CT molecular complexity index is 741. The van der Waals surface area contributed by atoms with Gasteiger partial charge in [-0.25, -0.2) is 0 Å². The predicted molar refractivity (Wildman–Crippen MR) is 89.3 cm³/mol. The molecule has 5 nitrogen and oxygen atoms in total. The summed E-state index contributed by atoms with van der Waals surface area (Å²) in [6.45, 7) is 0.917. The number of aromatic hydroxyl groups is 1. The lowest BCUT2D eigenvalue weighted by Gasteiger charge is -2.56. The van der Waals surface area contributed by atoms with Crippen molar-refractivity contribution in [3.63, 3.8) is 0 Å². The fourth-order valence-electron chi connectivity index (χ4n) is 5.07. The van der Waals surface area contributed by atoms with Gasteiger partial charge in [-0.05, 0) is 50.6 Å². The van der Waals surface area contributed by atoms with Crippen LogP contribution in [0.4, 0.5) is 0 Å². The molecule has 5 heteroatoms. The van der Waals surface area contributed by atoms with Gasteiger partial charge < -0.3 is 19.5 Å². The van der Waals surface area contributed by atoms with Gasteiger partial charge in [0.05, 0.1) is 20.1 Å². The van der Waals surface area contributed by atoms with E-state index in [0.29, 0.717) is 17.9 Å². The summed E-state index contributed by atoms with van der Waals surface area (Å²) in [6, 6.07) is 4.00. The van der Waals surface area contributed by atoms with E-state index in [1.165, 1.54) is 0 Å². The van der Waals surface area contributed by atoms with Gasteiger partial charge in [-0.2, -0.15) is 0 Å². The summed E-state index contributed by atoms with van der Waals surface area (Å²) in [5, 5.41) is 10.9. The van der Waals surface area contributed by atoms with Crippen LogP contribution in [0.25, 0.3) is 0 Å². The molecule has 2 aliphatic carbocycles. The van der Waals surface area contributed by atoms with Crippen molar-refractivity contribution in [3.05, 3.63) is 35.1 Å². The Balaban J connectivity index is 1.97. The van der Waals surface area contributed by atoms with E-state index in [4.69, 9.17) is 9.47 Å². The lowest BCUT2D eigenvalue weighted by molar-refractivity contribution is -0.132. The number of carbonyl (C=O) groups excluding carboxylic acids is 1. The highest BCUT2D eigenvalue weighted by Gasteiger charge is 2.58. The number of likely N-dealkylation sites (tertiary alicyclic amines) is 1. The number of hydrogen-bond acceptors (Lipinski definition) is 5. The Morgan fingerprint density at radius 1 is 1.29 bits per heavy atom. The standard InChI is InChI=1S/C19H23NO4/c1-20-9-8-19-7-6-14(24-3)18(22)16(19)12(20)10-11-4-5-13(23-2)17(21)15(11)19/h4-6,12,16,21H,7-10H2,1-3H3/t12-,16+,19-/m1/s1. The van der Waals surface area contributed by atoms with E-state index in [-0.39, 0.29) is 28.9 Å². The molecule has 128 valence electrons. The van der Waals surface area contributed by atoms with E-state index < -0.39 is 0 Å². The number of ether oxygens (including phenoxy) is 2. The average Bonchev–Trinajstić information content (AvgIpc) is 2.58. The van der Waals surface area contributed by atoms with Crippen molar-refractivity contribution in [1.29, 1.82) is 0 Å². The van der Waals surface area contributed by atoms with Crippen LogP contribution in [-0.4, -0.2) is 49.6 Å². The molecule has 0 saturated carbocycles. The van der Waals surface area contributed by atoms with Gasteiger partial charge in [-0.3, -0.25) is 4.79 Å². The molecule has 0 spiro atoms. The van der Waals surface area contributed by atoms with Crippen molar-refractivity contribution in [1.82, 2.24) is 4.90 Å². The fraction of sp³-hybridized carbons (Fsp3) is 0.526. The largest absolute Gasteiger partial charge is 0.504 e. The molecule has 3 atom stereocenters. The van der Waals surface area contributed by atoms with Crippen LogP contribution in [0.15, 0.2) is 24.0 Å². The number of likely N-dealkylation sites (N-methyl/N-ethyl adjacent to an activating group) is 1. The monoisotopic (exact) mass is 329 g/mol. The molecule has 1 saturated heterocycles. The third-order valence-corrected chi connectivity index (χ3v) is 6.23. The van der Waals surface area contributed by atoms with E-state index >= 15 is 0 Å². The number of allylic oxidation sites excluding steroid dienone is 2. The minimum atomic E-state index is -0.359. The number of carbonyl (C=O) groups is 1. The third-order valence-electron chi connectivity index (χ3n) is 6.23. The molecule has 1 aromatic carbocycles. The third kappa shape index (κ3) is 1.82. The second kappa shape index (κ2) is 5.24. The van der Waals surface area contributed by atoms with Crippen LogP contribution in [0.5, 0.6) is 11.5 Å². The number of piperidine rings is 1. The second-order valence-electron chi connectivity index (χ2n) is 7.13. The van der Waals surface area contributed by atoms with Crippen molar-refractivity contribution in [3.8, 4) is 11.5 Å². The number of methoxy groups -OCH3 is 2. The van der Waals surface area contributed by atoms with Crippen LogP contribution in [0, 0.1) is 5.92 Å². The summed E-state index contributed by atoms with van der Waals surface area (Å²) < 4.78 is 10.6. The van der Waals surface area contributed by atoms with Gasteiger partial charge in [0, 0.05) is 17.0 Å². The lowest BCUT2D eigenvalue weighted by atomic mass is 9.53. The number of benzene rings is 1. The van der Waals surface area contributed by atoms with Crippen LogP contribution in [0.1, 0.15) is 24.0 Å². The van der Waals surface area contributed by atoms with Crippen molar-refractivity contribution >= 4 is 5.78 Å². The predicted octanol–water partition coefficient (Wildman–Crippen LogP) is 2.02. The van der Waals surface area contributed by atoms with Crippen LogP contribution in [-0.2, 0) is 21.4 Å². The van der Waals surface area contributed by atoms with E-state index in [9.17, 15) is 9.90 Å². The van der Waals surface area contributed by atoms with Gasteiger partial charge >= 0.3 is 0 Å². The molecule has 0 amide bonds. The van der Waals surface area contributed by atoms with Crippen molar-refractivity contribution in [2.24, 2.45) is 5.92 Å². The molecule has 0 radical (unpaired) electrons. The van der Waals surface area contributed by atoms with E-state index in [1.807, 2.05) is 18.2 Å². The number of hydrogen-bond donors (Lipinski definition) is 1. The minimum absolute atomic E-state index is 0.0631. The first-order valence-corrected chi connectivity index (χ1v) is 8.41. The molecule has 3 aliphatic rings. The van der Waals surface area contributed by atoms with Crippen LogP contribution >= 0.6 is 0 Å². The highest BCUT2D eigenvalue weighted by atomic mass is 16.5. The van der Waals surface area contributed by atoms with Gasteiger partial charge in [0.15, 0.2) is 17.3 Å². The van der Waals surface area contributed by atoms with E-state index in [2.05, 4.69) is 11.9 Å². The van der Waals surface area contributed by atoms with Gasteiger partial charge in [0.25, 0.3) is 0 Å². The number of phenols is 1. The molecule has 1 aromatic rings. The van der Waals surface area contributed by atoms with E-state index in [0.717, 1.165) is 30.5 Å². The molecular formula is C19H23NO4. The number of rotatable bonds is 2. The first kappa shape index (κ1) is 15.5. The minimum Gasteiger partial charge on any atom is -0.504 e. The Morgan fingerprint density at radius 3 is 2.79 bits per heavy atom. The molecule has 1 fully saturated rings. The van der Waals surface area contributed by atoms with Crippen LogP contribution in [0.3, 0.4) is 0 Å². The Labute approximate surface area is 141 Å². The number of phenolic OH excluding ortho intramolecular Hbond substituents is 1. The Kier molecular flexibility index (Phi) is 3.39. The Morgan fingerprint density at radius 2 is 2.08 bits per heavy atom. The fourth-order valence-corrected chi connectivity index (χ4v) is 5.07. The topological polar surface area (TPSA) is 59.0 Å². The summed E-state index contributed by atoms with van der Waals surface area (Å²) >= 11 is 0. The summed E-state index contributed by atoms with van der Waals surface area (Å²) in [5.74, 6) is 1.02. The number of Topliss-reactive ketones (excluding diaryl/α,β-unsaturated/α-hetero) is 1. The van der Waals surface area contributed by atoms with Gasteiger partial charge in [0.2, 0.25) is 5.78 Å². The molecule has 2 bridgehead atoms. The lowest BCUT2D eigenvalue weighted by Crippen LogP contribution is -2.62. The number of ketones is 1. The zero-order chi connectivity index (χ0) is 17.1. The first-order chi connectivity index (χ1) is 11.5. The van der Waals surface area contributed by atoms with Crippen LogP contribution in [0.2, 0.25) is 0 Å². The molecule has 1 heterocycles. The summed E-state index contributed by atoms with van der Waals surface area (Å²) in [4.78, 5) is 15.4. The van der Waals surface area contributed by atoms with Crippen molar-refractivity contribution < 1.29 is 19.4 Å².